The minimum Gasteiger partial charge on any atom is -0.373 e. The van der Waals surface area contributed by atoms with Gasteiger partial charge in [-0.1, -0.05) is 0 Å². The average molecular weight is 244 g/mol. The Morgan fingerprint density at radius 1 is 1.33 bits per heavy atom. The Morgan fingerprint density at radius 2 is 2.06 bits per heavy atom. The zero-order chi connectivity index (χ0) is 13.0. The van der Waals surface area contributed by atoms with Gasteiger partial charge in [-0.05, 0) is 17.7 Å². The quantitative estimate of drug-likeness (QED) is 0.657. The van der Waals surface area contributed by atoms with Crippen molar-refractivity contribution in [3.8, 4) is 0 Å². The summed E-state index contributed by atoms with van der Waals surface area (Å²) in [6.07, 6.45) is 3.91. The average Bonchev–Trinajstić information content (AvgIpc) is 2.39. The minimum atomic E-state index is -0.418. The molecule has 6 heteroatoms. The van der Waals surface area contributed by atoms with E-state index in [1.54, 1.807) is 19.4 Å². The molecule has 2 rings (SSSR count). The molecular weight excluding hydrogens is 232 g/mol. The lowest BCUT2D eigenvalue weighted by Crippen LogP contribution is -2.00. The van der Waals surface area contributed by atoms with E-state index in [2.05, 4.69) is 15.3 Å². The standard InChI is InChI=1S/C12H12N4O2/c1-13-12-8-11(16(17)18)7-10(15-12)6-9-2-4-14-5-3-9/h2-5,7-8H,6H2,1H3,(H,13,15). The summed E-state index contributed by atoms with van der Waals surface area (Å²) in [6, 6.07) is 6.62. The summed E-state index contributed by atoms with van der Waals surface area (Å²) >= 11 is 0. The van der Waals surface area contributed by atoms with E-state index in [-0.39, 0.29) is 5.69 Å². The van der Waals surface area contributed by atoms with Crippen molar-refractivity contribution < 1.29 is 4.92 Å². The molecule has 0 aliphatic heterocycles. The van der Waals surface area contributed by atoms with Crippen molar-refractivity contribution in [3.63, 3.8) is 0 Å². The summed E-state index contributed by atoms with van der Waals surface area (Å²) in [4.78, 5) is 18.6. The van der Waals surface area contributed by atoms with Crippen molar-refractivity contribution in [1.29, 1.82) is 0 Å². The van der Waals surface area contributed by atoms with Gasteiger partial charge in [-0.3, -0.25) is 15.1 Å². The first kappa shape index (κ1) is 12.0. The second-order valence-corrected chi connectivity index (χ2v) is 3.74. The molecule has 1 N–H and O–H groups in total. The third kappa shape index (κ3) is 2.79. The summed E-state index contributed by atoms with van der Waals surface area (Å²) in [5.41, 5.74) is 1.71. The maximum absolute atomic E-state index is 10.8. The van der Waals surface area contributed by atoms with Gasteiger partial charge in [0.15, 0.2) is 0 Å². The van der Waals surface area contributed by atoms with Crippen LogP contribution in [0.2, 0.25) is 0 Å². The van der Waals surface area contributed by atoms with Crippen LogP contribution < -0.4 is 5.32 Å². The Labute approximate surface area is 104 Å². The molecule has 0 saturated carbocycles. The Morgan fingerprint density at radius 3 is 2.67 bits per heavy atom. The fourth-order valence-electron chi connectivity index (χ4n) is 1.61. The summed E-state index contributed by atoms with van der Waals surface area (Å²) in [6.45, 7) is 0. The maximum atomic E-state index is 10.8. The highest BCUT2D eigenvalue weighted by Gasteiger charge is 2.10. The van der Waals surface area contributed by atoms with Gasteiger partial charge < -0.3 is 5.32 Å². The third-order valence-corrected chi connectivity index (χ3v) is 2.46. The van der Waals surface area contributed by atoms with Gasteiger partial charge in [-0.15, -0.1) is 0 Å². The molecule has 2 aromatic heterocycles. The third-order valence-electron chi connectivity index (χ3n) is 2.46. The molecule has 0 saturated heterocycles. The predicted molar refractivity (Wildman–Crippen MR) is 67.5 cm³/mol. The zero-order valence-electron chi connectivity index (χ0n) is 9.83. The summed E-state index contributed by atoms with van der Waals surface area (Å²) in [5, 5.41) is 13.6. The lowest BCUT2D eigenvalue weighted by Gasteiger charge is -2.04. The van der Waals surface area contributed by atoms with Crippen molar-refractivity contribution in [2.45, 2.75) is 6.42 Å². The van der Waals surface area contributed by atoms with Crippen LogP contribution in [0.15, 0.2) is 36.7 Å². The summed E-state index contributed by atoms with van der Waals surface area (Å²) in [7, 11) is 1.68. The Bertz CT molecular complexity index is 557. The van der Waals surface area contributed by atoms with Crippen LogP contribution in [0.3, 0.4) is 0 Å². The van der Waals surface area contributed by atoms with Crippen molar-refractivity contribution in [1.82, 2.24) is 9.97 Å². The van der Waals surface area contributed by atoms with E-state index in [9.17, 15) is 10.1 Å². The lowest BCUT2D eigenvalue weighted by atomic mass is 10.1. The number of nitro groups is 1. The molecule has 92 valence electrons. The molecule has 0 unspecified atom stereocenters. The largest absolute Gasteiger partial charge is 0.373 e. The highest BCUT2D eigenvalue weighted by molar-refractivity contribution is 5.46. The van der Waals surface area contributed by atoms with Crippen molar-refractivity contribution in [3.05, 3.63) is 58.0 Å². The van der Waals surface area contributed by atoms with Crippen LogP contribution in [-0.4, -0.2) is 21.9 Å². The van der Waals surface area contributed by atoms with Crippen LogP contribution >= 0.6 is 0 Å². The van der Waals surface area contributed by atoms with Crippen LogP contribution in [0.1, 0.15) is 11.3 Å². The van der Waals surface area contributed by atoms with E-state index >= 15 is 0 Å². The van der Waals surface area contributed by atoms with Crippen LogP contribution in [0.4, 0.5) is 11.5 Å². The molecule has 0 bridgehead atoms. The maximum Gasteiger partial charge on any atom is 0.274 e. The molecule has 2 heterocycles. The van der Waals surface area contributed by atoms with Gasteiger partial charge in [0.25, 0.3) is 5.69 Å². The van der Waals surface area contributed by atoms with Gasteiger partial charge in [0, 0.05) is 31.9 Å². The second kappa shape index (κ2) is 5.22. The predicted octanol–water partition coefficient (Wildman–Crippen LogP) is 2.02. The fourth-order valence-corrected chi connectivity index (χ4v) is 1.61. The fraction of sp³-hybridized carbons (Fsp3) is 0.167. The monoisotopic (exact) mass is 244 g/mol. The number of pyridine rings is 2. The Hall–Kier alpha value is -2.50. The van der Waals surface area contributed by atoms with Gasteiger partial charge in [0.1, 0.15) is 5.82 Å². The Kier molecular flexibility index (Phi) is 3.47. The Balaban J connectivity index is 2.32. The molecule has 0 aliphatic rings. The molecule has 0 fully saturated rings. The van der Waals surface area contributed by atoms with Crippen molar-refractivity contribution in [2.24, 2.45) is 0 Å². The number of rotatable bonds is 4. The first-order valence-electron chi connectivity index (χ1n) is 5.41. The summed E-state index contributed by atoms with van der Waals surface area (Å²) < 4.78 is 0. The van der Waals surface area contributed by atoms with Crippen molar-refractivity contribution in [2.75, 3.05) is 12.4 Å². The van der Waals surface area contributed by atoms with E-state index in [0.717, 1.165) is 5.56 Å². The molecule has 6 nitrogen and oxygen atoms in total. The highest BCUT2D eigenvalue weighted by Crippen LogP contribution is 2.19. The van der Waals surface area contributed by atoms with E-state index in [1.165, 1.54) is 12.1 Å². The van der Waals surface area contributed by atoms with Gasteiger partial charge in [0.05, 0.1) is 16.7 Å². The van der Waals surface area contributed by atoms with E-state index in [4.69, 9.17) is 0 Å². The molecule has 0 atom stereocenters. The van der Waals surface area contributed by atoms with Crippen LogP contribution in [-0.2, 0) is 6.42 Å². The van der Waals surface area contributed by atoms with Crippen LogP contribution in [0, 0.1) is 10.1 Å². The van der Waals surface area contributed by atoms with Crippen LogP contribution in [0.5, 0.6) is 0 Å². The molecule has 0 amide bonds. The lowest BCUT2D eigenvalue weighted by molar-refractivity contribution is -0.384. The molecule has 2 aromatic rings. The normalized spacial score (nSPS) is 10.1. The number of hydrogen-bond acceptors (Lipinski definition) is 5. The highest BCUT2D eigenvalue weighted by atomic mass is 16.6. The van der Waals surface area contributed by atoms with Gasteiger partial charge >= 0.3 is 0 Å². The number of aromatic nitrogens is 2. The number of nitrogens with one attached hydrogen (secondary N) is 1. The first-order valence-corrected chi connectivity index (χ1v) is 5.41. The van der Waals surface area contributed by atoms with E-state index in [1.807, 2.05) is 12.1 Å². The summed E-state index contributed by atoms with van der Waals surface area (Å²) in [5.74, 6) is 0.494. The molecule has 0 spiro atoms. The minimum absolute atomic E-state index is 0.0402. The van der Waals surface area contributed by atoms with Crippen LogP contribution in [0.25, 0.3) is 0 Å². The SMILES string of the molecule is CNc1cc([N+](=O)[O-])cc(Cc2ccncc2)n1. The number of hydrogen-bond donors (Lipinski definition) is 1. The first-order chi connectivity index (χ1) is 8.69. The van der Waals surface area contributed by atoms with Gasteiger partial charge in [-0.2, -0.15) is 0 Å². The van der Waals surface area contributed by atoms with Gasteiger partial charge in [0.2, 0.25) is 0 Å². The van der Waals surface area contributed by atoms with Crippen molar-refractivity contribution >= 4 is 11.5 Å². The molecule has 18 heavy (non-hydrogen) atoms. The molecule has 0 aliphatic carbocycles. The number of anilines is 1. The zero-order valence-corrected chi connectivity index (χ0v) is 9.83. The second-order valence-electron chi connectivity index (χ2n) is 3.74. The van der Waals surface area contributed by atoms with E-state index < -0.39 is 4.92 Å². The molecular formula is C12H12N4O2. The topological polar surface area (TPSA) is 81.0 Å². The molecule has 0 radical (unpaired) electrons. The van der Waals surface area contributed by atoms with E-state index in [0.29, 0.717) is 17.9 Å². The van der Waals surface area contributed by atoms with Gasteiger partial charge in [-0.25, -0.2) is 4.98 Å². The molecule has 0 aromatic carbocycles. The number of nitrogens with zero attached hydrogens (tertiary/aromatic N) is 3. The smallest absolute Gasteiger partial charge is 0.274 e.